The Morgan fingerprint density at radius 1 is 1.09 bits per heavy atom. The first-order valence-electron chi connectivity index (χ1n) is 10.9. The first kappa shape index (κ1) is 22.3. The van der Waals surface area contributed by atoms with E-state index in [9.17, 15) is 9.18 Å². The molecule has 0 bridgehead atoms. The maximum absolute atomic E-state index is 13.4. The van der Waals surface area contributed by atoms with E-state index in [0.29, 0.717) is 17.9 Å². The molecule has 0 unspecified atom stereocenters. The molecule has 168 valence electrons. The van der Waals surface area contributed by atoms with Gasteiger partial charge in [-0.2, -0.15) is 0 Å². The van der Waals surface area contributed by atoms with Gasteiger partial charge in [0.1, 0.15) is 17.1 Å². The minimum atomic E-state index is -0.292. The summed E-state index contributed by atoms with van der Waals surface area (Å²) in [5, 5.41) is 3.83. The van der Waals surface area contributed by atoms with Crippen molar-refractivity contribution >= 4 is 28.1 Å². The van der Waals surface area contributed by atoms with Gasteiger partial charge in [-0.05, 0) is 74.2 Å². The summed E-state index contributed by atoms with van der Waals surface area (Å²) in [7, 11) is 0. The summed E-state index contributed by atoms with van der Waals surface area (Å²) in [6.45, 7) is 8.22. The highest BCUT2D eigenvalue weighted by molar-refractivity contribution is 6.05. The molecule has 0 aliphatic carbocycles. The molecule has 4 nitrogen and oxygen atoms in total. The quantitative estimate of drug-likeness (QED) is 0.318. The number of fused-ring (bicyclic) bond motifs is 1. The number of benzene rings is 3. The highest BCUT2D eigenvalue weighted by Gasteiger charge is 2.15. The number of nitrogens with one attached hydrogen (secondary N) is 1. The number of hydrogen-bond donors (Lipinski definition) is 1. The van der Waals surface area contributed by atoms with E-state index in [1.807, 2.05) is 58.0 Å². The minimum absolute atomic E-state index is 0.213. The molecule has 1 N–H and O–H groups in total. The van der Waals surface area contributed by atoms with Gasteiger partial charge in [0.15, 0.2) is 0 Å². The summed E-state index contributed by atoms with van der Waals surface area (Å²) in [6, 6.07) is 16.0. The highest BCUT2D eigenvalue weighted by Crippen LogP contribution is 2.37. The molecule has 1 heterocycles. The number of amides is 1. The fourth-order valence-electron chi connectivity index (χ4n) is 3.80. The van der Waals surface area contributed by atoms with Crippen LogP contribution in [0.1, 0.15) is 30.5 Å². The number of carbonyl (C=O) groups excluding carboxylic acids is 1. The second kappa shape index (κ2) is 9.33. The van der Waals surface area contributed by atoms with Crippen LogP contribution in [0, 0.1) is 19.7 Å². The van der Waals surface area contributed by atoms with Crippen molar-refractivity contribution in [3.8, 4) is 16.9 Å². The molecule has 0 aliphatic rings. The van der Waals surface area contributed by atoms with Crippen LogP contribution in [0.2, 0.25) is 0 Å². The molecular formula is C28H26FNO3. The molecule has 0 aliphatic heterocycles. The van der Waals surface area contributed by atoms with E-state index in [2.05, 4.69) is 5.32 Å². The van der Waals surface area contributed by atoms with Crippen molar-refractivity contribution in [3.63, 3.8) is 0 Å². The van der Waals surface area contributed by atoms with Crippen LogP contribution < -0.4 is 10.1 Å². The van der Waals surface area contributed by atoms with Crippen LogP contribution >= 0.6 is 0 Å². The molecule has 1 aromatic heterocycles. The maximum atomic E-state index is 13.4. The van der Waals surface area contributed by atoms with Crippen molar-refractivity contribution < 1.29 is 18.3 Å². The number of carbonyl (C=O) groups is 1. The largest absolute Gasteiger partial charge is 0.493 e. The first-order valence-corrected chi connectivity index (χ1v) is 10.9. The van der Waals surface area contributed by atoms with Gasteiger partial charge in [-0.25, -0.2) is 4.39 Å². The molecule has 0 saturated heterocycles. The van der Waals surface area contributed by atoms with Gasteiger partial charge in [0.25, 0.3) is 0 Å². The zero-order chi connectivity index (χ0) is 23.5. The van der Waals surface area contributed by atoms with E-state index in [1.165, 1.54) is 12.1 Å². The number of furan rings is 1. The average Bonchev–Trinajstić information content (AvgIpc) is 3.19. The number of hydrogen-bond acceptors (Lipinski definition) is 3. The lowest BCUT2D eigenvalue weighted by Gasteiger charge is -2.12. The van der Waals surface area contributed by atoms with Gasteiger partial charge in [0, 0.05) is 34.3 Å². The lowest BCUT2D eigenvalue weighted by Crippen LogP contribution is -2.10. The zero-order valence-electron chi connectivity index (χ0n) is 19.2. The molecule has 3 aromatic carbocycles. The van der Waals surface area contributed by atoms with E-state index >= 15 is 0 Å². The van der Waals surface area contributed by atoms with Crippen molar-refractivity contribution in [2.75, 3.05) is 11.9 Å². The Bertz CT molecular complexity index is 1350. The van der Waals surface area contributed by atoms with Crippen LogP contribution in [-0.4, -0.2) is 12.5 Å². The third-order valence-electron chi connectivity index (χ3n) is 5.55. The van der Waals surface area contributed by atoms with Gasteiger partial charge in [-0.1, -0.05) is 24.3 Å². The predicted molar refractivity (Wildman–Crippen MR) is 131 cm³/mol. The fourth-order valence-corrected chi connectivity index (χ4v) is 3.80. The first-order chi connectivity index (χ1) is 15.9. The maximum Gasteiger partial charge on any atom is 0.248 e. The van der Waals surface area contributed by atoms with Gasteiger partial charge in [0.2, 0.25) is 5.91 Å². The molecule has 0 saturated carbocycles. The average molecular weight is 444 g/mol. The van der Waals surface area contributed by atoms with Crippen LogP contribution in [0.5, 0.6) is 5.75 Å². The lowest BCUT2D eigenvalue weighted by atomic mass is 9.99. The number of halogens is 1. The topological polar surface area (TPSA) is 51.5 Å². The SMILES string of the molecule is CCOc1cc2occ(-c3ccc(F)cc3)c2cc1/C(C)=C/C(=O)Nc1cc(C)ccc1C. The van der Waals surface area contributed by atoms with Crippen molar-refractivity contribution in [2.24, 2.45) is 0 Å². The summed E-state index contributed by atoms with van der Waals surface area (Å²) in [6.07, 6.45) is 3.23. The molecule has 0 atom stereocenters. The third kappa shape index (κ3) is 4.82. The number of ether oxygens (including phenoxy) is 1. The number of rotatable bonds is 6. The Kier molecular flexibility index (Phi) is 6.31. The molecular weight excluding hydrogens is 417 g/mol. The summed E-state index contributed by atoms with van der Waals surface area (Å²) in [5.74, 6) is 0.132. The smallest absolute Gasteiger partial charge is 0.248 e. The number of allylic oxidation sites excluding steroid dienone is 1. The molecule has 0 radical (unpaired) electrons. The molecule has 4 rings (SSSR count). The van der Waals surface area contributed by atoms with Crippen molar-refractivity contribution in [2.45, 2.75) is 27.7 Å². The Balaban J connectivity index is 1.73. The Morgan fingerprint density at radius 2 is 1.85 bits per heavy atom. The van der Waals surface area contributed by atoms with Gasteiger partial charge < -0.3 is 14.5 Å². The minimum Gasteiger partial charge on any atom is -0.493 e. The fraction of sp³-hybridized carbons (Fsp3) is 0.179. The molecule has 33 heavy (non-hydrogen) atoms. The monoisotopic (exact) mass is 443 g/mol. The predicted octanol–water partition coefficient (Wildman–Crippen LogP) is 7.30. The van der Waals surface area contributed by atoms with Gasteiger partial charge in [0.05, 0.1) is 12.9 Å². The molecule has 4 aromatic rings. The second-order valence-corrected chi connectivity index (χ2v) is 8.07. The molecule has 0 spiro atoms. The number of aryl methyl sites for hydroxylation is 2. The lowest BCUT2D eigenvalue weighted by molar-refractivity contribution is -0.111. The highest BCUT2D eigenvalue weighted by atomic mass is 19.1. The van der Waals surface area contributed by atoms with E-state index in [1.54, 1.807) is 24.5 Å². The van der Waals surface area contributed by atoms with Gasteiger partial charge in [-0.3, -0.25) is 4.79 Å². The number of anilines is 1. The van der Waals surface area contributed by atoms with Crippen molar-refractivity contribution in [1.29, 1.82) is 0 Å². The van der Waals surface area contributed by atoms with Crippen LogP contribution in [0.4, 0.5) is 10.1 Å². The van der Waals surface area contributed by atoms with E-state index in [4.69, 9.17) is 9.15 Å². The Labute approximate surface area is 192 Å². The van der Waals surface area contributed by atoms with Gasteiger partial charge in [-0.15, -0.1) is 0 Å². The zero-order valence-corrected chi connectivity index (χ0v) is 19.2. The van der Waals surface area contributed by atoms with E-state index < -0.39 is 0 Å². The van der Waals surface area contributed by atoms with E-state index in [0.717, 1.165) is 44.5 Å². The van der Waals surface area contributed by atoms with E-state index in [-0.39, 0.29) is 11.7 Å². The summed E-state index contributed by atoms with van der Waals surface area (Å²) in [4.78, 5) is 12.8. The molecule has 1 amide bonds. The second-order valence-electron chi connectivity index (χ2n) is 8.07. The Hall–Kier alpha value is -3.86. The van der Waals surface area contributed by atoms with Crippen LogP contribution in [0.25, 0.3) is 27.7 Å². The van der Waals surface area contributed by atoms with Crippen LogP contribution in [-0.2, 0) is 4.79 Å². The van der Waals surface area contributed by atoms with Crippen molar-refractivity contribution in [1.82, 2.24) is 0 Å². The Morgan fingerprint density at radius 3 is 2.58 bits per heavy atom. The molecule has 5 heteroatoms. The summed E-state index contributed by atoms with van der Waals surface area (Å²) < 4.78 is 25.0. The standard InChI is InChI=1S/C28H26FNO3/c1-5-32-26-15-27-23(24(16-33-27)20-8-10-21(29)11-9-20)14-22(26)19(4)13-28(31)30-25-12-17(2)6-7-18(25)3/h6-16H,5H2,1-4H3,(H,30,31)/b19-13+. The van der Waals surface area contributed by atoms with Crippen LogP contribution in [0.15, 0.2) is 71.4 Å². The normalized spacial score (nSPS) is 11.6. The van der Waals surface area contributed by atoms with Crippen LogP contribution in [0.3, 0.4) is 0 Å². The van der Waals surface area contributed by atoms with Crippen molar-refractivity contribution in [3.05, 3.63) is 89.4 Å². The summed E-state index contributed by atoms with van der Waals surface area (Å²) in [5.41, 5.74) is 6.78. The van der Waals surface area contributed by atoms with Gasteiger partial charge >= 0.3 is 0 Å². The summed E-state index contributed by atoms with van der Waals surface area (Å²) >= 11 is 0. The third-order valence-corrected chi connectivity index (χ3v) is 5.55. The molecule has 0 fully saturated rings.